The molecule has 0 unspecified atom stereocenters. The van der Waals surface area contributed by atoms with E-state index in [0.29, 0.717) is 0 Å². The van der Waals surface area contributed by atoms with Crippen molar-refractivity contribution in [2.45, 2.75) is 30.7 Å². The van der Waals surface area contributed by atoms with Crippen molar-refractivity contribution in [3.05, 3.63) is 40.6 Å². The number of fused-ring (bicyclic) bond motifs is 2. The van der Waals surface area contributed by atoms with E-state index in [-0.39, 0.29) is 46.3 Å². The fourth-order valence-corrected chi connectivity index (χ4v) is 3.87. The van der Waals surface area contributed by atoms with E-state index in [4.69, 9.17) is 23.4 Å². The zero-order valence-electron chi connectivity index (χ0n) is 17.3. The van der Waals surface area contributed by atoms with Gasteiger partial charge >= 0.3 is 0 Å². The van der Waals surface area contributed by atoms with Gasteiger partial charge in [-0.2, -0.15) is 0 Å². The van der Waals surface area contributed by atoms with Crippen molar-refractivity contribution in [2.24, 2.45) is 0 Å². The number of hydrogen-bond donors (Lipinski definition) is 6. The Bertz CT molecular complexity index is 1280. The Balaban J connectivity index is 1.69. The van der Waals surface area contributed by atoms with Gasteiger partial charge in [-0.1, -0.05) is 0 Å². The summed E-state index contributed by atoms with van der Waals surface area (Å²) in [6, 6.07) is 6.92. The van der Waals surface area contributed by atoms with Crippen LogP contribution in [0.2, 0.25) is 0 Å². The predicted molar refractivity (Wildman–Crippen MR) is 112 cm³/mol. The lowest BCUT2D eigenvalue weighted by Gasteiger charge is -2.39. The van der Waals surface area contributed by atoms with Crippen molar-refractivity contribution >= 4 is 11.0 Å². The zero-order valence-corrected chi connectivity index (χ0v) is 17.3. The average molecular weight is 476 g/mol. The van der Waals surface area contributed by atoms with E-state index in [0.717, 1.165) is 0 Å². The first-order chi connectivity index (χ1) is 16.3. The minimum atomic E-state index is -1.80. The number of aromatic hydroxyl groups is 2. The van der Waals surface area contributed by atoms with Crippen molar-refractivity contribution in [1.29, 1.82) is 0 Å². The van der Waals surface area contributed by atoms with Gasteiger partial charge in [0.05, 0.1) is 6.61 Å². The van der Waals surface area contributed by atoms with E-state index in [1.54, 1.807) is 0 Å². The molecule has 1 fully saturated rings. The Morgan fingerprint density at radius 2 is 1.74 bits per heavy atom. The van der Waals surface area contributed by atoms with Crippen molar-refractivity contribution in [3.63, 3.8) is 0 Å². The predicted octanol–water partition coefficient (Wildman–Crippen LogP) is -0.221. The molecule has 1 aromatic heterocycles. The van der Waals surface area contributed by atoms with Crippen LogP contribution in [0.25, 0.3) is 22.3 Å². The molecule has 2 aromatic carbocycles. The highest BCUT2D eigenvalue weighted by atomic mass is 16.7. The number of ether oxygens (including phenoxy) is 4. The maximum atomic E-state index is 13.5. The molecule has 180 valence electrons. The van der Waals surface area contributed by atoms with Crippen molar-refractivity contribution in [1.82, 2.24) is 0 Å². The van der Waals surface area contributed by atoms with Gasteiger partial charge in [-0.25, -0.2) is 0 Å². The van der Waals surface area contributed by atoms with Crippen LogP contribution in [-0.2, 0) is 4.74 Å². The monoisotopic (exact) mass is 476 g/mol. The summed E-state index contributed by atoms with van der Waals surface area (Å²) in [5.74, 6) is -1.15. The molecule has 12 nitrogen and oxygen atoms in total. The Hall–Kier alpha value is -3.55. The second-order valence-electron chi connectivity index (χ2n) is 7.78. The molecule has 0 aliphatic carbocycles. The Labute approximate surface area is 190 Å². The quantitative estimate of drug-likeness (QED) is 0.291. The Kier molecular flexibility index (Phi) is 5.46. The van der Waals surface area contributed by atoms with E-state index >= 15 is 0 Å². The SMILES string of the molecule is O=c1c(O[C@@H]2O[C@H](CO)[C@@H](O)[C@H](O)[C@H]2O)c(-c2ccc(O)cc2)oc2cc3c(c(O)c12)OCO3. The molecule has 12 heteroatoms. The second-order valence-corrected chi connectivity index (χ2v) is 7.78. The molecule has 1 saturated heterocycles. The number of aliphatic hydroxyl groups excluding tert-OH is 4. The summed E-state index contributed by atoms with van der Waals surface area (Å²) >= 11 is 0. The maximum Gasteiger partial charge on any atom is 0.239 e. The number of aliphatic hydroxyl groups is 4. The molecule has 0 bridgehead atoms. The van der Waals surface area contributed by atoms with Crippen LogP contribution in [-0.4, -0.2) is 74.7 Å². The van der Waals surface area contributed by atoms with Crippen LogP contribution in [0, 0.1) is 0 Å². The first-order valence-electron chi connectivity index (χ1n) is 10.2. The van der Waals surface area contributed by atoms with Gasteiger partial charge in [0.2, 0.25) is 30.0 Å². The summed E-state index contributed by atoms with van der Waals surface area (Å²) in [7, 11) is 0. The summed E-state index contributed by atoms with van der Waals surface area (Å²) < 4.78 is 27.4. The molecule has 2 aliphatic rings. The molecule has 6 N–H and O–H groups in total. The molecule has 0 radical (unpaired) electrons. The third-order valence-electron chi connectivity index (χ3n) is 5.67. The number of rotatable bonds is 4. The van der Waals surface area contributed by atoms with Crippen LogP contribution in [0.3, 0.4) is 0 Å². The van der Waals surface area contributed by atoms with E-state index in [1.165, 1.54) is 30.3 Å². The molecular weight excluding hydrogens is 456 g/mol. The standard InChI is InChI=1S/C22H20O12/c23-6-12-14(25)17(28)18(29)22(33-12)34-21-16(27)13-10(5-11-20(15(13)26)31-7-30-11)32-19(21)8-1-3-9(24)4-2-8/h1-5,12,14,17-18,22-26,28-29H,6-7H2/t12-,14-,17+,18-,22+/m1/s1. The number of hydrogen-bond acceptors (Lipinski definition) is 12. The highest BCUT2D eigenvalue weighted by Gasteiger charge is 2.45. The van der Waals surface area contributed by atoms with Crippen LogP contribution in [0.1, 0.15) is 0 Å². The van der Waals surface area contributed by atoms with E-state index in [1.807, 2.05) is 0 Å². The normalized spacial score (nSPS) is 26.1. The lowest BCUT2D eigenvalue weighted by Crippen LogP contribution is -2.60. The molecule has 3 heterocycles. The van der Waals surface area contributed by atoms with Gasteiger partial charge in [0, 0.05) is 11.6 Å². The summed E-state index contributed by atoms with van der Waals surface area (Å²) in [5, 5.41) is 59.9. The molecule has 5 atom stereocenters. The lowest BCUT2D eigenvalue weighted by molar-refractivity contribution is -0.277. The number of phenolic OH excluding ortho intramolecular Hbond substituents is 2. The van der Waals surface area contributed by atoms with Crippen LogP contribution >= 0.6 is 0 Å². The average Bonchev–Trinajstić information content (AvgIpc) is 3.30. The molecule has 0 amide bonds. The molecule has 0 spiro atoms. The van der Waals surface area contributed by atoms with Crippen LogP contribution in [0.4, 0.5) is 0 Å². The zero-order chi connectivity index (χ0) is 24.1. The third-order valence-corrected chi connectivity index (χ3v) is 5.67. The van der Waals surface area contributed by atoms with Gasteiger partial charge in [-0.05, 0) is 24.3 Å². The van der Waals surface area contributed by atoms with Crippen molar-refractivity contribution in [3.8, 4) is 40.1 Å². The molecule has 0 saturated carbocycles. The van der Waals surface area contributed by atoms with Crippen LogP contribution in [0.5, 0.6) is 28.7 Å². The topological polar surface area (TPSA) is 189 Å². The Morgan fingerprint density at radius 1 is 1.00 bits per heavy atom. The van der Waals surface area contributed by atoms with E-state index in [2.05, 4.69) is 0 Å². The summed E-state index contributed by atoms with van der Waals surface area (Å²) in [5.41, 5.74) is -0.637. The molecule has 34 heavy (non-hydrogen) atoms. The minimum Gasteiger partial charge on any atom is -0.508 e. The molecule has 3 aromatic rings. The first kappa shape index (κ1) is 22.3. The summed E-state index contributed by atoms with van der Waals surface area (Å²) in [6.45, 7) is -0.876. The van der Waals surface area contributed by atoms with Gasteiger partial charge in [-0.15, -0.1) is 0 Å². The number of phenols is 2. The van der Waals surface area contributed by atoms with Gasteiger partial charge < -0.3 is 54.0 Å². The van der Waals surface area contributed by atoms with Crippen LogP contribution < -0.4 is 19.6 Å². The first-order valence-corrected chi connectivity index (χ1v) is 10.2. The summed E-state index contributed by atoms with van der Waals surface area (Å²) in [4.78, 5) is 13.5. The van der Waals surface area contributed by atoms with Gasteiger partial charge in [0.1, 0.15) is 41.1 Å². The van der Waals surface area contributed by atoms with E-state index < -0.39 is 54.2 Å². The van der Waals surface area contributed by atoms with Gasteiger partial charge in [0.25, 0.3) is 0 Å². The fraction of sp³-hybridized carbons (Fsp3) is 0.318. The van der Waals surface area contributed by atoms with Gasteiger partial charge in [-0.3, -0.25) is 4.79 Å². The van der Waals surface area contributed by atoms with Crippen molar-refractivity contribution in [2.75, 3.05) is 13.4 Å². The van der Waals surface area contributed by atoms with Crippen molar-refractivity contribution < 1.29 is 54.0 Å². The van der Waals surface area contributed by atoms with E-state index in [9.17, 15) is 35.4 Å². The third kappa shape index (κ3) is 3.48. The second kappa shape index (κ2) is 8.34. The van der Waals surface area contributed by atoms with Gasteiger partial charge in [0.15, 0.2) is 17.3 Å². The highest BCUT2D eigenvalue weighted by Crippen LogP contribution is 2.46. The smallest absolute Gasteiger partial charge is 0.239 e. The molecule has 2 aliphatic heterocycles. The molecular formula is C22H20O12. The van der Waals surface area contributed by atoms with Crippen LogP contribution in [0.15, 0.2) is 39.5 Å². The Morgan fingerprint density at radius 3 is 2.44 bits per heavy atom. The maximum absolute atomic E-state index is 13.5. The fourth-order valence-electron chi connectivity index (χ4n) is 3.87. The number of benzene rings is 2. The molecule has 5 rings (SSSR count). The minimum absolute atomic E-state index is 0.0516. The lowest BCUT2D eigenvalue weighted by atomic mass is 9.99. The largest absolute Gasteiger partial charge is 0.508 e. The summed E-state index contributed by atoms with van der Waals surface area (Å²) in [6.07, 6.45) is -8.15. The highest BCUT2D eigenvalue weighted by molar-refractivity contribution is 5.91.